The van der Waals surface area contributed by atoms with E-state index < -0.39 is 5.60 Å². The van der Waals surface area contributed by atoms with Crippen molar-refractivity contribution in [1.29, 1.82) is 0 Å². The monoisotopic (exact) mass is 175 g/mol. The van der Waals surface area contributed by atoms with Crippen LogP contribution in [-0.2, 0) is 0 Å². The summed E-state index contributed by atoms with van der Waals surface area (Å²) in [5.74, 6) is 0. The van der Waals surface area contributed by atoms with Crippen LogP contribution in [0.25, 0.3) is 0 Å². The molecule has 0 aliphatic carbocycles. The lowest BCUT2D eigenvalue weighted by atomic mass is 10.1. The molecule has 1 rings (SSSR count). The molecule has 3 heteroatoms. The molecule has 1 saturated heterocycles. The van der Waals surface area contributed by atoms with Crippen molar-refractivity contribution < 1.29 is 5.11 Å². The first-order valence-electron chi connectivity index (χ1n) is 3.84. The van der Waals surface area contributed by atoms with E-state index in [4.69, 9.17) is 11.6 Å². The molecule has 0 radical (unpaired) electrons. The van der Waals surface area contributed by atoms with E-state index in [2.05, 4.69) is 4.90 Å². The number of hydrogen-bond donors (Lipinski definition) is 1. The second-order valence-corrected chi connectivity index (χ2v) is 3.60. The number of nitrogens with zero attached hydrogens (tertiary/aromatic N) is 1. The van der Waals surface area contributed by atoms with E-state index in [1.165, 1.54) is 5.54 Å². The van der Waals surface area contributed by atoms with E-state index in [1.807, 2.05) is 13.0 Å². The molecule has 2 nitrogen and oxygen atoms in total. The van der Waals surface area contributed by atoms with Crippen molar-refractivity contribution in [3.8, 4) is 0 Å². The molecule has 0 spiro atoms. The van der Waals surface area contributed by atoms with Crippen molar-refractivity contribution in [3.05, 3.63) is 11.6 Å². The third kappa shape index (κ3) is 2.81. The van der Waals surface area contributed by atoms with Gasteiger partial charge in [0.25, 0.3) is 0 Å². The minimum Gasteiger partial charge on any atom is -0.389 e. The van der Waals surface area contributed by atoms with Crippen molar-refractivity contribution >= 4 is 11.6 Å². The summed E-state index contributed by atoms with van der Waals surface area (Å²) in [6.07, 6.45) is 2.76. The van der Waals surface area contributed by atoms with Gasteiger partial charge < -0.3 is 5.11 Å². The van der Waals surface area contributed by atoms with E-state index in [1.54, 1.807) is 0 Å². The summed E-state index contributed by atoms with van der Waals surface area (Å²) in [5.41, 5.74) is 1.03. The van der Waals surface area contributed by atoms with Gasteiger partial charge in [-0.3, -0.25) is 4.90 Å². The topological polar surface area (TPSA) is 23.5 Å². The number of β-amino-alcohol motifs (C(OH)–C–C–N with tert-alkyl or cyclic N) is 1. The Morgan fingerprint density at radius 1 is 1.73 bits per heavy atom. The highest BCUT2D eigenvalue weighted by Crippen LogP contribution is 2.19. The van der Waals surface area contributed by atoms with E-state index in [0.29, 0.717) is 0 Å². The molecule has 1 aliphatic rings. The molecule has 0 aromatic heterocycles. The highest BCUT2D eigenvalue weighted by atomic mass is 35.5. The molecule has 11 heavy (non-hydrogen) atoms. The third-order valence-corrected chi connectivity index (χ3v) is 2.16. The van der Waals surface area contributed by atoms with Gasteiger partial charge in [0.05, 0.1) is 5.60 Å². The van der Waals surface area contributed by atoms with Crippen molar-refractivity contribution in [2.75, 3.05) is 19.6 Å². The fourth-order valence-corrected chi connectivity index (χ4v) is 1.46. The molecular weight excluding hydrogens is 162 g/mol. The molecule has 1 aliphatic heterocycles. The molecule has 1 atom stereocenters. The van der Waals surface area contributed by atoms with Gasteiger partial charge in [-0.05, 0) is 13.3 Å². The maximum absolute atomic E-state index is 9.57. The molecule has 0 aromatic rings. The normalized spacial score (nSPS) is 33.7. The van der Waals surface area contributed by atoms with E-state index >= 15 is 0 Å². The summed E-state index contributed by atoms with van der Waals surface area (Å²) in [7, 11) is 0. The lowest BCUT2D eigenvalue weighted by Gasteiger charge is -2.16. The largest absolute Gasteiger partial charge is 0.389 e. The summed E-state index contributed by atoms with van der Waals surface area (Å²) in [4.78, 5) is 2.18. The number of halogens is 1. The van der Waals surface area contributed by atoms with Crippen LogP contribution in [0.1, 0.15) is 13.3 Å². The maximum Gasteiger partial charge on any atom is 0.0758 e. The van der Waals surface area contributed by atoms with E-state index in [0.717, 1.165) is 26.1 Å². The standard InChI is InChI=1S/C8H14ClNO/c1-8(11)3-6-10(7-8)5-2-4-9/h2,4,11H,3,5-7H2,1H3/b4-2+. The van der Waals surface area contributed by atoms with Gasteiger partial charge in [-0.15, -0.1) is 0 Å². The van der Waals surface area contributed by atoms with E-state index in [9.17, 15) is 5.11 Å². The van der Waals surface area contributed by atoms with Gasteiger partial charge in [-0.2, -0.15) is 0 Å². The molecule has 1 N–H and O–H groups in total. The molecule has 0 saturated carbocycles. The average molecular weight is 176 g/mol. The summed E-state index contributed by atoms with van der Waals surface area (Å²) < 4.78 is 0. The van der Waals surface area contributed by atoms with Crippen molar-refractivity contribution in [2.24, 2.45) is 0 Å². The SMILES string of the molecule is CC1(O)CCN(C/C=C/Cl)C1. The predicted molar refractivity (Wildman–Crippen MR) is 46.7 cm³/mol. The fourth-order valence-electron chi connectivity index (χ4n) is 1.38. The molecule has 1 heterocycles. The van der Waals surface area contributed by atoms with Crippen LogP contribution in [0.2, 0.25) is 0 Å². The zero-order chi connectivity index (χ0) is 8.32. The quantitative estimate of drug-likeness (QED) is 0.682. The first-order chi connectivity index (χ1) is 5.14. The Balaban J connectivity index is 2.30. The maximum atomic E-state index is 9.57. The van der Waals surface area contributed by atoms with Crippen LogP contribution in [0.15, 0.2) is 11.6 Å². The van der Waals surface area contributed by atoms with Crippen LogP contribution in [0.3, 0.4) is 0 Å². The smallest absolute Gasteiger partial charge is 0.0758 e. The Hall–Kier alpha value is -0.0500. The second kappa shape index (κ2) is 3.57. The van der Waals surface area contributed by atoms with Gasteiger partial charge in [-0.1, -0.05) is 17.7 Å². The van der Waals surface area contributed by atoms with E-state index in [-0.39, 0.29) is 0 Å². The minimum atomic E-state index is -0.486. The van der Waals surface area contributed by atoms with Gasteiger partial charge in [0.2, 0.25) is 0 Å². The second-order valence-electron chi connectivity index (χ2n) is 3.34. The summed E-state index contributed by atoms with van der Waals surface area (Å²) in [5, 5.41) is 9.57. The Labute approximate surface area is 72.5 Å². The molecule has 0 amide bonds. The third-order valence-electron chi connectivity index (χ3n) is 1.98. The Bertz CT molecular complexity index is 156. The molecule has 1 fully saturated rings. The summed E-state index contributed by atoms with van der Waals surface area (Å²) >= 11 is 5.38. The molecule has 0 aromatic carbocycles. The first kappa shape index (κ1) is 9.04. The van der Waals surface area contributed by atoms with Crippen LogP contribution in [0, 0.1) is 0 Å². The number of hydrogen-bond acceptors (Lipinski definition) is 2. The average Bonchev–Trinajstić information content (AvgIpc) is 2.26. The highest BCUT2D eigenvalue weighted by Gasteiger charge is 2.30. The first-order valence-corrected chi connectivity index (χ1v) is 4.28. The minimum absolute atomic E-state index is 0.486. The van der Waals surface area contributed by atoms with Crippen LogP contribution in [0.4, 0.5) is 0 Å². The lowest BCUT2D eigenvalue weighted by molar-refractivity contribution is 0.0702. The fraction of sp³-hybridized carbons (Fsp3) is 0.750. The van der Waals surface area contributed by atoms with Gasteiger partial charge in [-0.25, -0.2) is 0 Å². The molecule has 1 unspecified atom stereocenters. The van der Waals surface area contributed by atoms with Crippen LogP contribution in [-0.4, -0.2) is 35.2 Å². The zero-order valence-electron chi connectivity index (χ0n) is 6.76. The predicted octanol–water partition coefficient (Wildman–Crippen LogP) is 1.20. The molecule has 64 valence electrons. The number of aliphatic hydroxyl groups is 1. The van der Waals surface area contributed by atoms with Crippen molar-refractivity contribution in [1.82, 2.24) is 4.90 Å². The molecular formula is C8H14ClNO. The van der Waals surface area contributed by atoms with Crippen LogP contribution >= 0.6 is 11.6 Å². The summed E-state index contributed by atoms with van der Waals surface area (Å²) in [6, 6.07) is 0. The molecule has 0 bridgehead atoms. The van der Waals surface area contributed by atoms with Crippen LogP contribution in [0.5, 0.6) is 0 Å². The van der Waals surface area contributed by atoms with Crippen molar-refractivity contribution in [3.63, 3.8) is 0 Å². The Morgan fingerprint density at radius 3 is 2.91 bits per heavy atom. The Kier molecular flexibility index (Phi) is 2.93. The highest BCUT2D eigenvalue weighted by molar-refractivity contribution is 6.25. The lowest BCUT2D eigenvalue weighted by Crippen LogP contribution is -2.29. The van der Waals surface area contributed by atoms with Crippen molar-refractivity contribution in [2.45, 2.75) is 18.9 Å². The number of likely N-dealkylation sites (tertiary alicyclic amines) is 1. The zero-order valence-corrected chi connectivity index (χ0v) is 7.51. The van der Waals surface area contributed by atoms with Gasteiger partial charge in [0.1, 0.15) is 0 Å². The van der Waals surface area contributed by atoms with Gasteiger partial charge in [0, 0.05) is 25.2 Å². The Morgan fingerprint density at radius 2 is 2.45 bits per heavy atom. The summed E-state index contributed by atoms with van der Waals surface area (Å²) in [6.45, 7) is 4.44. The van der Waals surface area contributed by atoms with Gasteiger partial charge in [0.15, 0.2) is 0 Å². The number of rotatable bonds is 2. The van der Waals surface area contributed by atoms with Crippen LogP contribution < -0.4 is 0 Å². The van der Waals surface area contributed by atoms with Gasteiger partial charge >= 0.3 is 0 Å².